The molecule has 0 N–H and O–H groups in total. The molecule has 28 heavy (non-hydrogen) atoms. The number of halogens is 1. The van der Waals surface area contributed by atoms with Crippen molar-refractivity contribution in [2.24, 2.45) is 0 Å². The Morgan fingerprint density at radius 2 is 2.00 bits per heavy atom. The summed E-state index contributed by atoms with van der Waals surface area (Å²) in [7, 11) is 1.57. The molecule has 2 aromatic carbocycles. The van der Waals surface area contributed by atoms with Crippen LogP contribution in [0, 0.1) is 0 Å². The van der Waals surface area contributed by atoms with Crippen LogP contribution in [0.3, 0.4) is 0 Å². The predicted molar refractivity (Wildman–Crippen MR) is 113 cm³/mol. The van der Waals surface area contributed by atoms with Crippen LogP contribution < -0.4 is 4.74 Å². The van der Waals surface area contributed by atoms with E-state index in [1.807, 2.05) is 24.5 Å². The number of likely N-dealkylation sites (tertiary alicyclic amines) is 1. The summed E-state index contributed by atoms with van der Waals surface area (Å²) < 4.78 is 11.5. The minimum absolute atomic E-state index is 0.111. The van der Waals surface area contributed by atoms with Crippen LogP contribution in [0.2, 0.25) is 0 Å². The maximum Gasteiger partial charge on any atom is 0.302 e. The van der Waals surface area contributed by atoms with Crippen molar-refractivity contribution in [3.63, 3.8) is 0 Å². The number of carbonyl (C=O) groups excluding carboxylic acids is 2. The molecule has 0 aromatic heterocycles. The van der Waals surface area contributed by atoms with Crippen LogP contribution in [0.4, 0.5) is 0 Å². The molecule has 0 radical (unpaired) electrons. The van der Waals surface area contributed by atoms with E-state index in [4.69, 9.17) is 9.47 Å². The number of benzene rings is 2. The van der Waals surface area contributed by atoms with Gasteiger partial charge in [0.25, 0.3) is 5.91 Å². The number of amides is 1. The van der Waals surface area contributed by atoms with E-state index in [-0.39, 0.29) is 24.0 Å². The van der Waals surface area contributed by atoms with Crippen molar-refractivity contribution in [3.8, 4) is 5.75 Å². The average molecular weight is 464 g/mol. The number of nitrogens with zero attached hydrogens (tertiary/aromatic N) is 1. The van der Waals surface area contributed by atoms with Gasteiger partial charge in [0.15, 0.2) is 0 Å². The van der Waals surface area contributed by atoms with E-state index in [1.165, 1.54) is 6.92 Å². The molecule has 5 nitrogen and oxygen atoms in total. The van der Waals surface area contributed by atoms with Crippen LogP contribution in [0.25, 0.3) is 0 Å². The monoisotopic (exact) mass is 463 g/mol. The van der Waals surface area contributed by atoms with Crippen molar-refractivity contribution in [3.05, 3.63) is 58.1 Å². The number of hydrogen-bond acceptors (Lipinski definition) is 5. The summed E-state index contributed by atoms with van der Waals surface area (Å²) in [6.07, 6.45) is 2.28. The summed E-state index contributed by atoms with van der Waals surface area (Å²) in [6, 6.07) is 13.3. The lowest BCUT2D eigenvalue weighted by Gasteiger charge is -2.25. The Kier molecular flexibility index (Phi) is 6.67. The van der Waals surface area contributed by atoms with E-state index >= 15 is 0 Å². The quantitative estimate of drug-likeness (QED) is 0.475. The first-order valence-corrected chi connectivity index (χ1v) is 10.9. The maximum absolute atomic E-state index is 13.3. The minimum atomic E-state index is -0.332. The summed E-state index contributed by atoms with van der Waals surface area (Å²) in [5.74, 6) is 0.156. The van der Waals surface area contributed by atoms with Gasteiger partial charge in [-0.15, -0.1) is 11.8 Å². The third-order valence-electron chi connectivity index (χ3n) is 4.73. The van der Waals surface area contributed by atoms with E-state index < -0.39 is 0 Å². The van der Waals surface area contributed by atoms with Gasteiger partial charge in [-0.25, -0.2) is 0 Å². The third-order valence-corrected chi connectivity index (χ3v) is 6.11. The molecule has 1 aliphatic heterocycles. The van der Waals surface area contributed by atoms with Gasteiger partial charge in [-0.05, 0) is 58.1 Å². The van der Waals surface area contributed by atoms with Crippen molar-refractivity contribution < 1.29 is 19.1 Å². The normalized spacial score (nSPS) is 18.8. The molecule has 1 fully saturated rings. The van der Waals surface area contributed by atoms with E-state index in [0.29, 0.717) is 24.3 Å². The Bertz CT molecular complexity index is 888. The Labute approximate surface area is 177 Å². The van der Waals surface area contributed by atoms with Crippen molar-refractivity contribution >= 4 is 39.6 Å². The van der Waals surface area contributed by atoms with Gasteiger partial charge in [-0.3, -0.25) is 9.59 Å². The van der Waals surface area contributed by atoms with Crippen molar-refractivity contribution in [1.82, 2.24) is 4.90 Å². The zero-order valence-electron chi connectivity index (χ0n) is 16.0. The minimum Gasteiger partial charge on any atom is -0.496 e. The molecule has 1 amide bonds. The number of thioether (sulfide) groups is 1. The molecule has 0 bridgehead atoms. The second-order valence-electron chi connectivity index (χ2n) is 6.57. The van der Waals surface area contributed by atoms with Crippen LogP contribution in [0.15, 0.2) is 51.8 Å². The van der Waals surface area contributed by atoms with E-state index in [1.54, 1.807) is 42.0 Å². The highest BCUT2D eigenvalue weighted by Crippen LogP contribution is 2.37. The van der Waals surface area contributed by atoms with Gasteiger partial charge in [0.05, 0.1) is 24.2 Å². The molecular formula is C21H22BrNO4S. The molecule has 3 rings (SSSR count). The molecule has 7 heteroatoms. The van der Waals surface area contributed by atoms with Gasteiger partial charge in [0.1, 0.15) is 11.9 Å². The molecule has 2 aromatic rings. The zero-order chi connectivity index (χ0) is 20.3. The highest BCUT2D eigenvalue weighted by molar-refractivity contribution is 9.10. The van der Waals surface area contributed by atoms with Crippen LogP contribution in [-0.2, 0) is 9.53 Å². The first-order valence-electron chi connectivity index (χ1n) is 8.88. The van der Waals surface area contributed by atoms with Crippen LogP contribution in [0.5, 0.6) is 5.75 Å². The first-order chi connectivity index (χ1) is 13.4. The number of methoxy groups -OCH3 is 1. The zero-order valence-corrected chi connectivity index (χ0v) is 18.4. The van der Waals surface area contributed by atoms with Crippen LogP contribution in [0.1, 0.15) is 35.3 Å². The molecule has 1 aliphatic rings. The van der Waals surface area contributed by atoms with Crippen molar-refractivity contribution in [2.75, 3.05) is 19.9 Å². The van der Waals surface area contributed by atoms with E-state index in [0.717, 1.165) is 14.9 Å². The Morgan fingerprint density at radius 3 is 2.68 bits per heavy atom. The molecule has 0 saturated carbocycles. The fourth-order valence-corrected chi connectivity index (χ4v) is 4.34. The SMILES string of the molecule is COc1cc(C(=O)N2CC(OC(C)=O)CC2c2cccc(SC)c2)ccc1Br. The molecule has 0 aliphatic carbocycles. The topological polar surface area (TPSA) is 55.8 Å². The van der Waals surface area contributed by atoms with Crippen LogP contribution in [-0.4, -0.2) is 42.8 Å². The first kappa shape index (κ1) is 20.7. The van der Waals surface area contributed by atoms with E-state index in [9.17, 15) is 9.59 Å². The fourth-order valence-electron chi connectivity index (χ4n) is 3.47. The number of hydrogen-bond donors (Lipinski definition) is 0. The smallest absolute Gasteiger partial charge is 0.302 e. The Morgan fingerprint density at radius 1 is 1.21 bits per heavy atom. The van der Waals surface area contributed by atoms with Crippen molar-refractivity contribution in [2.45, 2.75) is 30.4 Å². The number of esters is 1. The lowest BCUT2D eigenvalue weighted by atomic mass is 10.0. The second-order valence-corrected chi connectivity index (χ2v) is 8.30. The summed E-state index contributed by atoms with van der Waals surface area (Å²) in [5.41, 5.74) is 1.58. The maximum atomic E-state index is 13.3. The average Bonchev–Trinajstić information content (AvgIpc) is 3.11. The molecule has 1 saturated heterocycles. The molecule has 2 atom stereocenters. The van der Waals surface area contributed by atoms with Gasteiger partial charge < -0.3 is 14.4 Å². The van der Waals surface area contributed by atoms with E-state index in [2.05, 4.69) is 22.0 Å². The van der Waals surface area contributed by atoms with Crippen LogP contribution >= 0.6 is 27.7 Å². The Hall–Kier alpha value is -1.99. The summed E-state index contributed by atoms with van der Waals surface area (Å²) >= 11 is 5.07. The molecule has 2 unspecified atom stereocenters. The van der Waals surface area contributed by atoms with Crippen molar-refractivity contribution in [1.29, 1.82) is 0 Å². The number of rotatable bonds is 5. The lowest BCUT2D eigenvalue weighted by Crippen LogP contribution is -2.32. The van der Waals surface area contributed by atoms with Gasteiger partial charge in [-0.1, -0.05) is 12.1 Å². The number of ether oxygens (including phenoxy) is 2. The van der Waals surface area contributed by atoms with Gasteiger partial charge in [0, 0.05) is 23.8 Å². The molecule has 1 heterocycles. The fraction of sp³-hybridized carbons (Fsp3) is 0.333. The van der Waals surface area contributed by atoms with Gasteiger partial charge in [-0.2, -0.15) is 0 Å². The summed E-state index contributed by atoms with van der Waals surface area (Å²) in [4.78, 5) is 27.7. The number of carbonyl (C=O) groups is 2. The highest BCUT2D eigenvalue weighted by atomic mass is 79.9. The molecule has 0 spiro atoms. The second kappa shape index (κ2) is 9.01. The third kappa shape index (κ3) is 4.52. The molecule has 148 valence electrons. The Balaban J connectivity index is 1.94. The highest BCUT2D eigenvalue weighted by Gasteiger charge is 2.38. The molecular weight excluding hydrogens is 442 g/mol. The van der Waals surface area contributed by atoms with Gasteiger partial charge in [0.2, 0.25) is 0 Å². The largest absolute Gasteiger partial charge is 0.496 e. The lowest BCUT2D eigenvalue weighted by molar-refractivity contribution is -0.145. The standard InChI is InChI=1S/C21H22BrNO4S/c1-13(24)27-16-11-19(14-5-4-6-17(9-14)28-3)23(12-16)21(25)15-7-8-18(22)20(10-15)26-2/h4-10,16,19H,11-12H2,1-3H3. The predicted octanol–water partition coefficient (Wildman–Crippen LogP) is 4.70. The van der Waals surface area contributed by atoms with Gasteiger partial charge >= 0.3 is 5.97 Å². The summed E-state index contributed by atoms with van der Waals surface area (Å²) in [5, 5.41) is 0. The summed E-state index contributed by atoms with van der Waals surface area (Å²) in [6.45, 7) is 1.76.